The van der Waals surface area contributed by atoms with Gasteiger partial charge in [-0.3, -0.25) is 4.79 Å². The lowest BCUT2D eigenvalue weighted by atomic mass is 10.2. The fourth-order valence-electron chi connectivity index (χ4n) is 2.61. The summed E-state index contributed by atoms with van der Waals surface area (Å²) in [4.78, 5) is 17.5. The molecule has 5 heteroatoms. The van der Waals surface area contributed by atoms with Gasteiger partial charge in [-0.1, -0.05) is 23.3 Å². The van der Waals surface area contributed by atoms with Gasteiger partial charge in [0.05, 0.1) is 22.9 Å². The second-order valence-corrected chi connectivity index (χ2v) is 7.26. The van der Waals surface area contributed by atoms with E-state index < -0.39 is 0 Å². The minimum absolute atomic E-state index is 0.0889. The number of amides is 1. The van der Waals surface area contributed by atoms with E-state index in [1.54, 1.807) is 24.3 Å². The second-order valence-electron chi connectivity index (χ2n) is 6.25. The predicted octanol–water partition coefficient (Wildman–Crippen LogP) is 4.17. The van der Waals surface area contributed by atoms with Gasteiger partial charge in [0.15, 0.2) is 4.80 Å². The van der Waals surface area contributed by atoms with E-state index in [0.717, 1.165) is 21.5 Å². The number of rotatable bonds is 4. The number of fused-ring (bicyclic) bond motifs is 1. The summed E-state index contributed by atoms with van der Waals surface area (Å²) in [5, 5.41) is 0. The van der Waals surface area contributed by atoms with E-state index in [1.807, 2.05) is 37.5 Å². The molecule has 1 amide bonds. The molecule has 0 atom stereocenters. The number of ether oxygens (including phenoxy) is 1. The molecule has 1 heterocycles. The van der Waals surface area contributed by atoms with Crippen LogP contribution >= 0.6 is 11.3 Å². The molecule has 0 unspecified atom stereocenters. The van der Waals surface area contributed by atoms with Gasteiger partial charge in [-0.25, -0.2) is 0 Å². The Kier molecular flexibility index (Phi) is 5.24. The number of carbonyl (C=O) groups is 1. The van der Waals surface area contributed by atoms with Crippen LogP contribution in [0.3, 0.4) is 0 Å². The minimum atomic E-state index is -0.296. The first-order chi connectivity index (χ1) is 12.5. The van der Waals surface area contributed by atoms with Crippen LogP contribution in [0.4, 0.5) is 0 Å². The van der Waals surface area contributed by atoms with Crippen molar-refractivity contribution in [2.45, 2.75) is 33.4 Å². The number of aryl methyl sites for hydroxylation is 1. The van der Waals surface area contributed by atoms with Crippen LogP contribution in [-0.2, 0) is 6.54 Å². The number of aromatic nitrogens is 1. The Bertz CT molecular complexity index is 1050. The highest BCUT2D eigenvalue weighted by molar-refractivity contribution is 7.16. The molecule has 0 fully saturated rings. The minimum Gasteiger partial charge on any atom is -0.491 e. The van der Waals surface area contributed by atoms with E-state index in [-0.39, 0.29) is 12.0 Å². The van der Waals surface area contributed by atoms with Crippen molar-refractivity contribution in [3.05, 3.63) is 58.4 Å². The van der Waals surface area contributed by atoms with Crippen LogP contribution in [0.1, 0.15) is 29.8 Å². The second kappa shape index (κ2) is 7.59. The van der Waals surface area contributed by atoms with Crippen molar-refractivity contribution < 1.29 is 9.53 Å². The zero-order valence-corrected chi connectivity index (χ0v) is 15.8. The van der Waals surface area contributed by atoms with E-state index >= 15 is 0 Å². The van der Waals surface area contributed by atoms with E-state index in [1.165, 1.54) is 11.3 Å². The maximum atomic E-state index is 12.6. The van der Waals surface area contributed by atoms with Gasteiger partial charge in [0.1, 0.15) is 5.75 Å². The summed E-state index contributed by atoms with van der Waals surface area (Å²) in [6.07, 6.45) is 5.59. The van der Waals surface area contributed by atoms with Crippen LogP contribution in [0, 0.1) is 19.3 Å². The Morgan fingerprint density at radius 1 is 1.27 bits per heavy atom. The highest BCUT2D eigenvalue weighted by atomic mass is 32.1. The Balaban J connectivity index is 1.99. The third kappa shape index (κ3) is 3.87. The lowest BCUT2D eigenvalue weighted by Gasteiger charge is -2.09. The van der Waals surface area contributed by atoms with Gasteiger partial charge in [-0.15, -0.1) is 6.42 Å². The normalized spacial score (nSPS) is 11.7. The number of hydrogen-bond acceptors (Lipinski definition) is 3. The van der Waals surface area contributed by atoms with Gasteiger partial charge in [0, 0.05) is 5.56 Å². The zero-order chi connectivity index (χ0) is 18.7. The molecule has 2 aromatic carbocycles. The average Bonchev–Trinajstić information content (AvgIpc) is 2.91. The predicted molar refractivity (Wildman–Crippen MR) is 105 cm³/mol. The molecule has 132 valence electrons. The molecule has 1 aromatic heterocycles. The molecule has 0 aliphatic heterocycles. The summed E-state index contributed by atoms with van der Waals surface area (Å²) in [5.74, 6) is 3.07. The van der Waals surface area contributed by atoms with E-state index in [2.05, 4.69) is 17.0 Å². The molecule has 4 nitrogen and oxygen atoms in total. The van der Waals surface area contributed by atoms with Gasteiger partial charge in [0.2, 0.25) is 0 Å². The number of carbonyl (C=O) groups excluding carboxylic acids is 1. The van der Waals surface area contributed by atoms with Crippen LogP contribution in [0.2, 0.25) is 0 Å². The maximum Gasteiger partial charge on any atom is 0.279 e. The summed E-state index contributed by atoms with van der Waals surface area (Å²) in [6.45, 7) is 6.33. The van der Waals surface area contributed by atoms with Crippen LogP contribution in [0.15, 0.2) is 47.5 Å². The van der Waals surface area contributed by atoms with Crippen molar-refractivity contribution >= 4 is 27.5 Å². The summed E-state index contributed by atoms with van der Waals surface area (Å²) >= 11 is 1.47. The quantitative estimate of drug-likeness (QED) is 0.652. The molecule has 3 aromatic rings. The van der Waals surface area contributed by atoms with Crippen LogP contribution in [-0.4, -0.2) is 16.6 Å². The number of hydrogen-bond donors (Lipinski definition) is 0. The van der Waals surface area contributed by atoms with Gasteiger partial charge >= 0.3 is 0 Å². The number of thiazole rings is 1. The van der Waals surface area contributed by atoms with Crippen molar-refractivity contribution in [1.29, 1.82) is 0 Å². The summed E-state index contributed by atoms with van der Waals surface area (Å²) in [7, 11) is 0. The molecule has 0 aliphatic rings. The van der Waals surface area contributed by atoms with Crippen molar-refractivity contribution in [2.75, 3.05) is 0 Å². The Morgan fingerprint density at radius 3 is 2.65 bits per heavy atom. The lowest BCUT2D eigenvalue weighted by molar-refractivity contribution is 0.0998. The fourth-order valence-corrected chi connectivity index (χ4v) is 3.74. The Hall–Kier alpha value is -2.84. The van der Waals surface area contributed by atoms with Gasteiger partial charge in [-0.05, 0) is 62.7 Å². The molecule has 0 bridgehead atoms. The van der Waals surface area contributed by atoms with Crippen LogP contribution < -0.4 is 9.54 Å². The molecule has 0 aliphatic carbocycles. The monoisotopic (exact) mass is 364 g/mol. The van der Waals surface area contributed by atoms with Crippen molar-refractivity contribution in [3.8, 4) is 18.1 Å². The molecule has 0 saturated carbocycles. The standard InChI is InChI=1S/C21H20N2O2S/c1-5-12-23-18-11-6-15(4)13-19(18)26-21(23)22-20(24)16-7-9-17(10-8-16)25-14(2)3/h1,6-11,13-14H,12H2,2-4H3. The lowest BCUT2D eigenvalue weighted by Crippen LogP contribution is -2.16. The number of benzene rings is 2. The molecular formula is C21H20N2O2S. The highest BCUT2D eigenvalue weighted by Crippen LogP contribution is 2.19. The first kappa shape index (κ1) is 18.0. The third-order valence-corrected chi connectivity index (χ3v) is 4.80. The van der Waals surface area contributed by atoms with E-state index in [9.17, 15) is 4.79 Å². The first-order valence-electron chi connectivity index (χ1n) is 8.37. The molecule has 3 rings (SSSR count). The van der Waals surface area contributed by atoms with Gasteiger partial charge < -0.3 is 9.30 Å². The summed E-state index contributed by atoms with van der Waals surface area (Å²) in [5.41, 5.74) is 2.66. The summed E-state index contributed by atoms with van der Waals surface area (Å²) in [6, 6.07) is 13.1. The smallest absolute Gasteiger partial charge is 0.279 e. The van der Waals surface area contributed by atoms with Crippen LogP contribution in [0.25, 0.3) is 10.2 Å². The Labute approximate surface area is 156 Å². The van der Waals surface area contributed by atoms with E-state index in [0.29, 0.717) is 16.9 Å². The molecule has 0 radical (unpaired) electrons. The first-order valence-corrected chi connectivity index (χ1v) is 9.19. The third-order valence-electron chi connectivity index (χ3n) is 3.76. The Morgan fingerprint density at radius 2 is 2.00 bits per heavy atom. The van der Waals surface area contributed by atoms with Crippen molar-refractivity contribution in [3.63, 3.8) is 0 Å². The average molecular weight is 364 g/mol. The SMILES string of the molecule is C#CCn1c(=NC(=O)c2ccc(OC(C)C)cc2)sc2cc(C)ccc21. The van der Waals surface area contributed by atoms with Crippen LogP contribution in [0.5, 0.6) is 5.75 Å². The highest BCUT2D eigenvalue weighted by Gasteiger charge is 2.09. The van der Waals surface area contributed by atoms with Gasteiger partial charge in [0.25, 0.3) is 5.91 Å². The molecular weight excluding hydrogens is 344 g/mol. The molecule has 0 spiro atoms. The maximum absolute atomic E-state index is 12.6. The molecule has 0 N–H and O–H groups in total. The zero-order valence-electron chi connectivity index (χ0n) is 15.0. The van der Waals surface area contributed by atoms with Crippen molar-refractivity contribution in [2.24, 2.45) is 4.99 Å². The summed E-state index contributed by atoms with van der Waals surface area (Å²) < 4.78 is 8.56. The molecule has 26 heavy (non-hydrogen) atoms. The number of terminal acetylenes is 1. The van der Waals surface area contributed by atoms with E-state index in [4.69, 9.17) is 11.2 Å². The van der Waals surface area contributed by atoms with Crippen molar-refractivity contribution in [1.82, 2.24) is 4.57 Å². The number of nitrogens with zero attached hydrogens (tertiary/aromatic N) is 2. The van der Waals surface area contributed by atoms with Gasteiger partial charge in [-0.2, -0.15) is 4.99 Å². The fraction of sp³-hybridized carbons (Fsp3) is 0.238. The topological polar surface area (TPSA) is 43.6 Å². The largest absolute Gasteiger partial charge is 0.491 e. The molecule has 0 saturated heterocycles.